The molecule has 2 N–H and O–H groups in total. The van der Waals surface area contributed by atoms with Crippen LogP contribution >= 0.6 is 22.9 Å². The molecule has 0 atom stereocenters. The molecule has 2 aromatic heterocycles. The summed E-state index contributed by atoms with van der Waals surface area (Å²) in [5, 5.41) is 15.7. The van der Waals surface area contributed by atoms with E-state index in [2.05, 4.69) is 15.3 Å². The van der Waals surface area contributed by atoms with Gasteiger partial charge in [-0.25, -0.2) is 9.97 Å². The third kappa shape index (κ3) is 1.75. The lowest BCUT2D eigenvalue weighted by molar-refractivity contribution is 0.0836. The summed E-state index contributed by atoms with van der Waals surface area (Å²) >= 11 is 7.39. The average molecular weight is 256 g/mol. The van der Waals surface area contributed by atoms with Crippen LogP contribution in [0.4, 0.5) is 5.82 Å². The molecule has 1 aliphatic rings. The first-order chi connectivity index (χ1) is 7.72. The molecule has 1 saturated carbocycles. The quantitative estimate of drug-likeness (QED) is 0.809. The fourth-order valence-electron chi connectivity index (χ4n) is 1.84. The number of rotatable bonds is 2. The van der Waals surface area contributed by atoms with Crippen LogP contribution in [0.3, 0.4) is 0 Å². The number of aliphatic hydroxyl groups excluding tert-OH is 1. The van der Waals surface area contributed by atoms with Crippen molar-refractivity contribution >= 4 is 39.0 Å². The van der Waals surface area contributed by atoms with Gasteiger partial charge in [-0.15, -0.1) is 11.3 Å². The molecule has 0 aromatic carbocycles. The van der Waals surface area contributed by atoms with Crippen LogP contribution in [-0.2, 0) is 0 Å². The fraction of sp³-hybridized carbons (Fsp3) is 0.400. The highest BCUT2D eigenvalue weighted by Crippen LogP contribution is 2.30. The van der Waals surface area contributed by atoms with Crippen molar-refractivity contribution in [3.63, 3.8) is 0 Å². The SMILES string of the molecule is OC1CC(Nc2nc(Cl)nc3sccc23)C1. The molecule has 0 aliphatic heterocycles. The molecule has 0 radical (unpaired) electrons. The van der Waals surface area contributed by atoms with E-state index in [4.69, 9.17) is 11.6 Å². The second kappa shape index (κ2) is 3.84. The van der Waals surface area contributed by atoms with Gasteiger partial charge in [0.2, 0.25) is 5.28 Å². The normalized spacial score (nSPS) is 24.4. The van der Waals surface area contributed by atoms with Crippen molar-refractivity contribution in [2.24, 2.45) is 0 Å². The highest BCUT2D eigenvalue weighted by molar-refractivity contribution is 7.16. The summed E-state index contributed by atoms with van der Waals surface area (Å²) in [5.74, 6) is 0.771. The van der Waals surface area contributed by atoms with Crippen molar-refractivity contribution in [1.82, 2.24) is 9.97 Å². The first-order valence-corrected chi connectivity index (χ1v) is 6.33. The van der Waals surface area contributed by atoms with E-state index in [9.17, 15) is 5.11 Å². The maximum absolute atomic E-state index is 9.23. The smallest absolute Gasteiger partial charge is 0.225 e. The van der Waals surface area contributed by atoms with Crippen molar-refractivity contribution in [1.29, 1.82) is 0 Å². The van der Waals surface area contributed by atoms with Gasteiger partial charge >= 0.3 is 0 Å². The summed E-state index contributed by atoms with van der Waals surface area (Å²) in [6.07, 6.45) is 1.37. The van der Waals surface area contributed by atoms with E-state index in [0.717, 1.165) is 28.9 Å². The molecule has 2 heterocycles. The number of nitrogens with one attached hydrogen (secondary N) is 1. The highest BCUT2D eigenvalue weighted by Gasteiger charge is 2.27. The molecule has 3 rings (SSSR count). The largest absolute Gasteiger partial charge is 0.393 e. The van der Waals surface area contributed by atoms with E-state index in [1.807, 2.05) is 11.4 Å². The van der Waals surface area contributed by atoms with Gasteiger partial charge in [0.05, 0.1) is 11.5 Å². The van der Waals surface area contributed by atoms with Crippen LogP contribution in [0.5, 0.6) is 0 Å². The second-order valence-corrected chi connectivity index (χ2v) is 5.18. The monoisotopic (exact) mass is 255 g/mol. The van der Waals surface area contributed by atoms with Gasteiger partial charge < -0.3 is 10.4 Å². The first-order valence-electron chi connectivity index (χ1n) is 5.08. The molecule has 0 amide bonds. The summed E-state index contributed by atoms with van der Waals surface area (Å²) in [6.45, 7) is 0. The molecular weight excluding hydrogens is 246 g/mol. The number of aromatic nitrogens is 2. The predicted molar refractivity (Wildman–Crippen MR) is 65.1 cm³/mol. The zero-order chi connectivity index (χ0) is 11.1. The van der Waals surface area contributed by atoms with Gasteiger partial charge in [0.15, 0.2) is 0 Å². The Labute approximate surface area is 101 Å². The Kier molecular flexibility index (Phi) is 2.46. The fourth-order valence-corrected chi connectivity index (χ4v) is 2.82. The Morgan fingerprint density at radius 1 is 1.44 bits per heavy atom. The lowest BCUT2D eigenvalue weighted by Crippen LogP contribution is -2.39. The number of fused-ring (bicyclic) bond motifs is 1. The summed E-state index contributed by atoms with van der Waals surface area (Å²) < 4.78 is 0. The molecule has 4 nitrogen and oxygen atoms in total. The van der Waals surface area contributed by atoms with Crippen molar-refractivity contribution in [2.45, 2.75) is 25.0 Å². The molecular formula is C10H10ClN3OS. The number of hydrogen-bond donors (Lipinski definition) is 2. The van der Waals surface area contributed by atoms with Crippen molar-refractivity contribution in [3.05, 3.63) is 16.7 Å². The van der Waals surface area contributed by atoms with Crippen LogP contribution < -0.4 is 5.32 Å². The van der Waals surface area contributed by atoms with Gasteiger partial charge in [0, 0.05) is 6.04 Å². The molecule has 0 saturated heterocycles. The third-order valence-electron chi connectivity index (χ3n) is 2.75. The second-order valence-electron chi connectivity index (χ2n) is 3.95. The van der Waals surface area contributed by atoms with E-state index in [1.54, 1.807) is 11.3 Å². The number of halogens is 1. The van der Waals surface area contributed by atoms with E-state index < -0.39 is 0 Å². The van der Waals surface area contributed by atoms with Gasteiger partial charge in [0.1, 0.15) is 10.6 Å². The molecule has 6 heteroatoms. The summed E-state index contributed by atoms with van der Waals surface area (Å²) in [4.78, 5) is 9.23. The number of aliphatic hydroxyl groups is 1. The predicted octanol–water partition coefficient (Wildman–Crippen LogP) is 2.28. The van der Waals surface area contributed by atoms with E-state index in [0.29, 0.717) is 6.04 Å². The molecule has 0 bridgehead atoms. The first kappa shape index (κ1) is 10.3. The lowest BCUT2D eigenvalue weighted by Gasteiger charge is -2.32. The summed E-state index contributed by atoms with van der Waals surface area (Å²) in [6, 6.07) is 2.28. The minimum Gasteiger partial charge on any atom is -0.393 e. The van der Waals surface area contributed by atoms with Crippen LogP contribution in [0.2, 0.25) is 5.28 Å². The Morgan fingerprint density at radius 2 is 2.25 bits per heavy atom. The summed E-state index contributed by atoms with van der Waals surface area (Å²) in [7, 11) is 0. The minimum atomic E-state index is -0.173. The molecule has 0 spiro atoms. The Bertz CT molecular complexity index is 524. The standard InChI is InChI=1S/C10H10ClN3OS/c11-10-13-8(12-5-3-6(15)4-5)7-1-2-16-9(7)14-10/h1-2,5-6,15H,3-4H2,(H,12,13,14). The molecule has 2 aromatic rings. The van der Waals surface area contributed by atoms with Gasteiger partial charge in [0.25, 0.3) is 0 Å². The van der Waals surface area contributed by atoms with Gasteiger partial charge in [-0.1, -0.05) is 0 Å². The highest BCUT2D eigenvalue weighted by atomic mass is 35.5. The maximum Gasteiger partial charge on any atom is 0.225 e. The Morgan fingerprint density at radius 3 is 3.00 bits per heavy atom. The molecule has 0 unspecified atom stereocenters. The molecule has 16 heavy (non-hydrogen) atoms. The zero-order valence-electron chi connectivity index (χ0n) is 8.35. The molecule has 1 fully saturated rings. The Hall–Kier alpha value is -0.910. The van der Waals surface area contributed by atoms with Gasteiger partial charge in [-0.05, 0) is 35.9 Å². The van der Waals surface area contributed by atoms with Crippen LogP contribution in [0.15, 0.2) is 11.4 Å². The number of thiophene rings is 1. The molecule has 84 valence electrons. The Balaban J connectivity index is 1.92. The maximum atomic E-state index is 9.23. The minimum absolute atomic E-state index is 0.173. The lowest BCUT2D eigenvalue weighted by atomic mass is 9.89. The topological polar surface area (TPSA) is 58.0 Å². The number of nitrogens with zero attached hydrogens (tertiary/aromatic N) is 2. The van der Waals surface area contributed by atoms with Crippen molar-refractivity contribution < 1.29 is 5.11 Å². The van der Waals surface area contributed by atoms with Crippen LogP contribution in [-0.4, -0.2) is 27.2 Å². The van der Waals surface area contributed by atoms with E-state index in [1.165, 1.54) is 0 Å². The van der Waals surface area contributed by atoms with Crippen LogP contribution in [0.25, 0.3) is 10.2 Å². The third-order valence-corrected chi connectivity index (χ3v) is 3.73. The zero-order valence-corrected chi connectivity index (χ0v) is 9.92. The van der Waals surface area contributed by atoms with Gasteiger partial charge in [-0.2, -0.15) is 0 Å². The van der Waals surface area contributed by atoms with E-state index >= 15 is 0 Å². The number of anilines is 1. The van der Waals surface area contributed by atoms with Crippen LogP contribution in [0.1, 0.15) is 12.8 Å². The van der Waals surface area contributed by atoms with E-state index in [-0.39, 0.29) is 11.4 Å². The van der Waals surface area contributed by atoms with Gasteiger partial charge in [-0.3, -0.25) is 0 Å². The molecule has 1 aliphatic carbocycles. The van der Waals surface area contributed by atoms with Crippen LogP contribution in [0, 0.1) is 0 Å². The summed E-state index contributed by atoms with van der Waals surface area (Å²) in [5.41, 5.74) is 0. The average Bonchev–Trinajstić information content (AvgIpc) is 2.62. The number of hydrogen-bond acceptors (Lipinski definition) is 5. The van der Waals surface area contributed by atoms with Crippen molar-refractivity contribution in [2.75, 3.05) is 5.32 Å². The van der Waals surface area contributed by atoms with Crippen molar-refractivity contribution in [3.8, 4) is 0 Å².